The maximum atomic E-state index is 12.3. The minimum atomic E-state index is -3.38. The predicted molar refractivity (Wildman–Crippen MR) is 106 cm³/mol. The standard InChI is InChI=1S/C20H30N2O5S/c1-28(24,25)27-16-18-8-5-11-22(14-18)19-9-12-21(13-10-19)20(23)26-15-17-6-3-2-4-7-17/h2-4,6-7,18-19H,5,8-16H2,1H3/t18-/m1/s1. The van der Waals surface area contributed by atoms with Crippen molar-refractivity contribution in [1.29, 1.82) is 0 Å². The summed E-state index contributed by atoms with van der Waals surface area (Å²) in [4.78, 5) is 16.5. The zero-order chi connectivity index (χ0) is 20.0. The van der Waals surface area contributed by atoms with Gasteiger partial charge in [0, 0.05) is 25.7 Å². The average molecular weight is 411 g/mol. The molecule has 0 N–H and O–H groups in total. The Hall–Kier alpha value is -1.64. The molecule has 0 aromatic heterocycles. The lowest BCUT2D eigenvalue weighted by atomic mass is 9.94. The number of ether oxygens (including phenoxy) is 1. The summed E-state index contributed by atoms with van der Waals surface area (Å²) in [6, 6.07) is 10.1. The smallest absolute Gasteiger partial charge is 0.410 e. The second-order valence-corrected chi connectivity index (χ2v) is 9.39. The maximum Gasteiger partial charge on any atom is 0.410 e. The molecule has 2 fully saturated rings. The first-order chi connectivity index (χ1) is 13.4. The minimum Gasteiger partial charge on any atom is -0.445 e. The van der Waals surface area contributed by atoms with Crippen LogP contribution in [0.3, 0.4) is 0 Å². The zero-order valence-corrected chi connectivity index (χ0v) is 17.3. The Morgan fingerprint density at radius 2 is 1.82 bits per heavy atom. The van der Waals surface area contributed by atoms with Gasteiger partial charge < -0.3 is 9.64 Å². The lowest BCUT2D eigenvalue weighted by Crippen LogP contribution is -2.50. The van der Waals surface area contributed by atoms with E-state index in [-0.39, 0.29) is 18.6 Å². The van der Waals surface area contributed by atoms with E-state index < -0.39 is 10.1 Å². The van der Waals surface area contributed by atoms with Crippen LogP contribution in [0.15, 0.2) is 30.3 Å². The van der Waals surface area contributed by atoms with E-state index in [2.05, 4.69) is 4.90 Å². The predicted octanol–water partition coefficient (Wildman–Crippen LogP) is 2.48. The molecule has 0 aliphatic carbocycles. The first kappa shape index (κ1) is 21.1. The van der Waals surface area contributed by atoms with Crippen LogP contribution >= 0.6 is 0 Å². The second-order valence-electron chi connectivity index (χ2n) is 7.75. The summed E-state index contributed by atoms with van der Waals surface area (Å²) in [5.41, 5.74) is 0.987. The van der Waals surface area contributed by atoms with Gasteiger partial charge in [-0.1, -0.05) is 30.3 Å². The van der Waals surface area contributed by atoms with Crippen LogP contribution < -0.4 is 0 Å². The van der Waals surface area contributed by atoms with Gasteiger partial charge in [-0.15, -0.1) is 0 Å². The van der Waals surface area contributed by atoms with Crippen molar-refractivity contribution in [3.63, 3.8) is 0 Å². The van der Waals surface area contributed by atoms with Crippen LogP contribution in [0.5, 0.6) is 0 Å². The monoisotopic (exact) mass is 410 g/mol. The van der Waals surface area contributed by atoms with Gasteiger partial charge in [0.15, 0.2) is 0 Å². The molecule has 1 atom stereocenters. The Morgan fingerprint density at radius 1 is 1.11 bits per heavy atom. The van der Waals surface area contributed by atoms with Gasteiger partial charge >= 0.3 is 6.09 Å². The highest BCUT2D eigenvalue weighted by Crippen LogP contribution is 2.24. The molecule has 7 nitrogen and oxygen atoms in total. The molecule has 0 bridgehead atoms. The Bertz CT molecular complexity index is 732. The van der Waals surface area contributed by atoms with Gasteiger partial charge in [-0.05, 0) is 43.7 Å². The number of rotatable bonds is 6. The number of carbonyl (C=O) groups excluding carboxylic acids is 1. The van der Waals surface area contributed by atoms with E-state index in [0.717, 1.165) is 50.6 Å². The van der Waals surface area contributed by atoms with Crippen LogP contribution in [0.4, 0.5) is 4.79 Å². The number of carbonyl (C=O) groups is 1. The van der Waals surface area contributed by atoms with Gasteiger partial charge in [0.2, 0.25) is 0 Å². The summed E-state index contributed by atoms with van der Waals surface area (Å²) >= 11 is 0. The first-order valence-corrected chi connectivity index (χ1v) is 11.8. The van der Waals surface area contributed by atoms with Crippen molar-refractivity contribution in [3.8, 4) is 0 Å². The van der Waals surface area contributed by atoms with Crippen molar-refractivity contribution in [2.24, 2.45) is 5.92 Å². The Morgan fingerprint density at radius 3 is 2.50 bits per heavy atom. The topological polar surface area (TPSA) is 76.2 Å². The van der Waals surface area contributed by atoms with Crippen molar-refractivity contribution in [3.05, 3.63) is 35.9 Å². The van der Waals surface area contributed by atoms with Gasteiger partial charge in [0.25, 0.3) is 10.1 Å². The van der Waals surface area contributed by atoms with E-state index in [9.17, 15) is 13.2 Å². The van der Waals surface area contributed by atoms with Gasteiger partial charge in [-0.25, -0.2) is 4.79 Å². The number of likely N-dealkylation sites (tertiary alicyclic amines) is 2. The summed E-state index contributed by atoms with van der Waals surface area (Å²) in [6.45, 7) is 3.84. The Balaban J connectivity index is 1.41. The third-order valence-electron chi connectivity index (χ3n) is 5.51. The van der Waals surface area contributed by atoms with Gasteiger partial charge in [0.1, 0.15) is 6.61 Å². The molecule has 1 aromatic carbocycles. The normalized spacial score (nSPS) is 22.2. The van der Waals surface area contributed by atoms with Gasteiger partial charge in [-0.3, -0.25) is 9.08 Å². The molecule has 2 aliphatic heterocycles. The van der Waals surface area contributed by atoms with Gasteiger partial charge in [0.05, 0.1) is 12.9 Å². The third-order valence-corrected chi connectivity index (χ3v) is 6.08. The molecule has 1 amide bonds. The Labute approximate surface area is 167 Å². The molecule has 0 radical (unpaired) electrons. The maximum absolute atomic E-state index is 12.3. The largest absolute Gasteiger partial charge is 0.445 e. The van der Waals surface area contributed by atoms with Crippen LogP contribution in [0.25, 0.3) is 0 Å². The van der Waals surface area contributed by atoms with Crippen LogP contribution in [0.1, 0.15) is 31.2 Å². The number of nitrogens with zero attached hydrogens (tertiary/aromatic N) is 2. The summed E-state index contributed by atoms with van der Waals surface area (Å²) < 4.78 is 32.9. The van der Waals surface area contributed by atoms with Crippen molar-refractivity contribution in [2.45, 2.75) is 38.3 Å². The summed E-state index contributed by atoms with van der Waals surface area (Å²) in [7, 11) is -3.38. The fraction of sp³-hybridized carbons (Fsp3) is 0.650. The number of piperidine rings is 2. The first-order valence-electron chi connectivity index (χ1n) is 9.95. The van der Waals surface area contributed by atoms with E-state index in [0.29, 0.717) is 25.7 Å². The van der Waals surface area contributed by atoms with Crippen molar-refractivity contribution < 1.29 is 22.1 Å². The SMILES string of the molecule is CS(=O)(=O)OC[C@@H]1CCCN(C2CCN(C(=O)OCc3ccccc3)CC2)C1. The van der Waals surface area contributed by atoms with E-state index in [4.69, 9.17) is 8.92 Å². The van der Waals surface area contributed by atoms with E-state index in [1.54, 1.807) is 4.90 Å². The summed E-state index contributed by atoms with van der Waals surface area (Å²) in [5.74, 6) is 0.248. The highest BCUT2D eigenvalue weighted by molar-refractivity contribution is 7.85. The molecular weight excluding hydrogens is 380 g/mol. The minimum absolute atomic E-state index is 0.248. The second kappa shape index (κ2) is 9.71. The third kappa shape index (κ3) is 6.46. The van der Waals surface area contributed by atoms with Crippen LogP contribution in [-0.4, -0.2) is 69.4 Å². The fourth-order valence-electron chi connectivity index (χ4n) is 4.01. The molecule has 2 aliphatic rings. The van der Waals surface area contributed by atoms with Crippen molar-refractivity contribution >= 4 is 16.2 Å². The molecule has 1 aromatic rings. The quantitative estimate of drug-likeness (QED) is 0.671. The highest BCUT2D eigenvalue weighted by Gasteiger charge is 2.31. The van der Waals surface area contributed by atoms with Crippen molar-refractivity contribution in [2.75, 3.05) is 39.0 Å². The van der Waals surface area contributed by atoms with Crippen LogP contribution in [-0.2, 0) is 25.6 Å². The molecular formula is C20H30N2O5S. The van der Waals surface area contributed by atoms with Crippen molar-refractivity contribution in [1.82, 2.24) is 9.80 Å². The Kier molecular flexibility index (Phi) is 7.31. The molecule has 156 valence electrons. The lowest BCUT2D eigenvalue weighted by Gasteiger charge is -2.42. The van der Waals surface area contributed by atoms with Gasteiger partial charge in [-0.2, -0.15) is 8.42 Å². The molecule has 2 heterocycles. The fourth-order valence-corrected chi connectivity index (χ4v) is 4.45. The van der Waals surface area contributed by atoms with Crippen LogP contribution in [0.2, 0.25) is 0 Å². The molecule has 0 unspecified atom stereocenters. The molecule has 3 rings (SSSR count). The lowest BCUT2D eigenvalue weighted by molar-refractivity contribution is 0.0470. The molecule has 0 spiro atoms. The average Bonchev–Trinajstić information content (AvgIpc) is 2.71. The summed E-state index contributed by atoms with van der Waals surface area (Å²) in [5, 5.41) is 0. The molecule has 28 heavy (non-hydrogen) atoms. The van der Waals surface area contributed by atoms with E-state index in [1.165, 1.54) is 0 Å². The van der Waals surface area contributed by atoms with E-state index >= 15 is 0 Å². The highest BCUT2D eigenvalue weighted by atomic mass is 32.2. The molecule has 2 saturated heterocycles. The summed E-state index contributed by atoms with van der Waals surface area (Å²) in [6.07, 6.45) is 4.73. The van der Waals surface area contributed by atoms with Crippen LogP contribution in [0, 0.1) is 5.92 Å². The number of amides is 1. The molecule has 0 saturated carbocycles. The number of hydrogen-bond donors (Lipinski definition) is 0. The molecule has 8 heteroatoms. The van der Waals surface area contributed by atoms with E-state index in [1.807, 2.05) is 30.3 Å². The number of benzene rings is 1. The number of hydrogen-bond acceptors (Lipinski definition) is 6. The zero-order valence-electron chi connectivity index (χ0n) is 16.5.